The van der Waals surface area contributed by atoms with Gasteiger partial charge in [0.1, 0.15) is 5.75 Å². The lowest BCUT2D eigenvalue weighted by molar-refractivity contribution is -0.146. The van der Waals surface area contributed by atoms with E-state index in [9.17, 15) is 9.59 Å². The summed E-state index contributed by atoms with van der Waals surface area (Å²) in [7, 11) is 3.00. The van der Waals surface area contributed by atoms with Crippen LogP contribution in [0, 0.1) is 5.92 Å². The molecular formula is C21H29NO4. The van der Waals surface area contributed by atoms with Gasteiger partial charge in [-0.15, -0.1) is 0 Å². The lowest BCUT2D eigenvalue weighted by Gasteiger charge is -2.35. The number of benzene rings is 1. The number of rotatable bonds is 7. The van der Waals surface area contributed by atoms with Gasteiger partial charge in [0.25, 0.3) is 0 Å². The molecule has 1 aromatic carbocycles. The lowest BCUT2D eigenvalue weighted by atomic mass is 9.93. The molecular weight excluding hydrogens is 330 g/mol. The Balaban J connectivity index is 2.12. The van der Waals surface area contributed by atoms with Crippen molar-refractivity contribution in [2.45, 2.75) is 45.1 Å². The molecule has 1 atom stereocenters. The van der Waals surface area contributed by atoms with E-state index in [1.165, 1.54) is 13.5 Å². The van der Waals surface area contributed by atoms with Crippen LogP contribution >= 0.6 is 0 Å². The highest BCUT2D eigenvalue weighted by Gasteiger charge is 2.27. The summed E-state index contributed by atoms with van der Waals surface area (Å²) in [6.45, 7) is 2.19. The van der Waals surface area contributed by atoms with E-state index in [0.717, 1.165) is 37.0 Å². The van der Waals surface area contributed by atoms with Crippen LogP contribution in [0.15, 0.2) is 30.3 Å². The van der Waals surface area contributed by atoms with Crippen molar-refractivity contribution in [3.63, 3.8) is 0 Å². The third kappa shape index (κ3) is 5.61. The second-order valence-electron chi connectivity index (χ2n) is 6.82. The van der Waals surface area contributed by atoms with Crippen molar-refractivity contribution in [2.24, 2.45) is 5.92 Å². The van der Waals surface area contributed by atoms with Gasteiger partial charge in [-0.2, -0.15) is 0 Å². The Morgan fingerprint density at radius 3 is 2.62 bits per heavy atom. The number of amides is 1. The summed E-state index contributed by atoms with van der Waals surface area (Å²) in [5, 5.41) is 0. The van der Waals surface area contributed by atoms with Gasteiger partial charge >= 0.3 is 5.97 Å². The maximum Gasteiger partial charge on any atom is 0.310 e. The third-order valence-corrected chi connectivity index (χ3v) is 4.88. The Bertz CT molecular complexity index is 635. The monoisotopic (exact) mass is 359 g/mol. The molecule has 0 aromatic heterocycles. The number of nitrogens with zero attached hydrogens (tertiary/aromatic N) is 1. The van der Waals surface area contributed by atoms with Gasteiger partial charge in [0, 0.05) is 18.7 Å². The molecule has 1 saturated carbocycles. The lowest BCUT2D eigenvalue weighted by Crippen LogP contribution is -2.44. The maximum absolute atomic E-state index is 12.9. The summed E-state index contributed by atoms with van der Waals surface area (Å²) in [5.41, 5.74) is 0.905. The van der Waals surface area contributed by atoms with Crippen LogP contribution in [0.4, 0.5) is 0 Å². The van der Waals surface area contributed by atoms with E-state index in [0.29, 0.717) is 6.54 Å². The Hall–Kier alpha value is -2.30. The summed E-state index contributed by atoms with van der Waals surface area (Å²) in [6, 6.07) is 7.76. The van der Waals surface area contributed by atoms with E-state index in [2.05, 4.69) is 0 Å². The van der Waals surface area contributed by atoms with E-state index in [1.54, 1.807) is 26.2 Å². The van der Waals surface area contributed by atoms with E-state index in [-0.39, 0.29) is 23.8 Å². The smallest absolute Gasteiger partial charge is 0.310 e. The molecule has 2 rings (SSSR count). The first-order valence-corrected chi connectivity index (χ1v) is 9.25. The molecule has 0 heterocycles. The van der Waals surface area contributed by atoms with E-state index < -0.39 is 0 Å². The minimum absolute atomic E-state index is 0.0597. The highest BCUT2D eigenvalue weighted by molar-refractivity contribution is 5.92. The standard InChI is InChI=1S/C21H29NO4/c1-16(21(24)26-3)15-22(18-9-5-4-6-10-18)20(23)13-12-17-8-7-11-19(14-17)25-2/h7-8,11-14,16,18H,4-6,9-10,15H2,1-3H3/b13-12+. The van der Waals surface area contributed by atoms with Gasteiger partial charge in [0.2, 0.25) is 5.91 Å². The van der Waals surface area contributed by atoms with Gasteiger partial charge in [-0.25, -0.2) is 0 Å². The number of hydrogen-bond donors (Lipinski definition) is 0. The molecule has 0 bridgehead atoms. The van der Waals surface area contributed by atoms with Crippen molar-refractivity contribution < 1.29 is 19.1 Å². The summed E-state index contributed by atoms with van der Waals surface area (Å²) in [6.07, 6.45) is 8.84. The predicted octanol–water partition coefficient (Wildman–Crippen LogP) is 3.68. The molecule has 1 amide bonds. The SMILES string of the molecule is COC(=O)C(C)CN(C(=O)/C=C/c1cccc(OC)c1)C1CCCCC1. The average Bonchev–Trinajstić information content (AvgIpc) is 2.70. The number of carbonyl (C=O) groups is 2. The molecule has 1 aliphatic rings. The molecule has 0 spiro atoms. The number of esters is 1. The quantitative estimate of drug-likeness (QED) is 0.550. The molecule has 0 radical (unpaired) electrons. The van der Waals surface area contributed by atoms with E-state index in [1.807, 2.05) is 29.2 Å². The first-order valence-electron chi connectivity index (χ1n) is 9.25. The number of ether oxygens (including phenoxy) is 2. The molecule has 1 aliphatic carbocycles. The van der Waals surface area contributed by atoms with E-state index >= 15 is 0 Å². The molecule has 1 unspecified atom stereocenters. The first-order chi connectivity index (χ1) is 12.5. The van der Waals surface area contributed by atoms with Crippen LogP contribution in [0.25, 0.3) is 6.08 Å². The molecule has 0 aliphatic heterocycles. The fourth-order valence-electron chi connectivity index (χ4n) is 3.39. The van der Waals surface area contributed by atoms with Gasteiger partial charge in [-0.05, 0) is 36.6 Å². The van der Waals surface area contributed by atoms with Crippen LogP contribution in [-0.4, -0.2) is 43.6 Å². The van der Waals surface area contributed by atoms with Crippen molar-refractivity contribution in [3.8, 4) is 5.75 Å². The van der Waals surface area contributed by atoms with Crippen LogP contribution < -0.4 is 4.74 Å². The minimum Gasteiger partial charge on any atom is -0.497 e. The number of hydrogen-bond acceptors (Lipinski definition) is 4. The maximum atomic E-state index is 12.9. The Kier molecular flexibility index (Phi) is 7.70. The van der Waals surface area contributed by atoms with Crippen LogP contribution in [0.5, 0.6) is 5.75 Å². The second kappa shape index (κ2) is 10.00. The zero-order valence-corrected chi connectivity index (χ0v) is 15.9. The van der Waals surface area contributed by atoms with Crippen LogP contribution in [0.3, 0.4) is 0 Å². The number of carbonyl (C=O) groups excluding carboxylic acids is 2. The summed E-state index contributed by atoms with van der Waals surface area (Å²) in [5.74, 6) is 0.0741. The molecule has 0 N–H and O–H groups in total. The van der Waals surface area contributed by atoms with Crippen molar-refractivity contribution in [1.82, 2.24) is 4.90 Å². The van der Waals surface area contributed by atoms with Crippen molar-refractivity contribution >= 4 is 18.0 Å². The second-order valence-corrected chi connectivity index (χ2v) is 6.82. The summed E-state index contributed by atoms with van der Waals surface area (Å²) < 4.78 is 10.0. The summed E-state index contributed by atoms with van der Waals surface area (Å²) in [4.78, 5) is 26.5. The molecule has 1 aromatic rings. The Morgan fingerprint density at radius 1 is 1.23 bits per heavy atom. The highest BCUT2D eigenvalue weighted by Crippen LogP contribution is 2.24. The Labute approximate surface area is 156 Å². The zero-order chi connectivity index (χ0) is 18.9. The first kappa shape index (κ1) is 20.0. The molecule has 142 valence electrons. The third-order valence-electron chi connectivity index (χ3n) is 4.88. The van der Waals surface area contributed by atoms with Gasteiger partial charge in [-0.1, -0.05) is 38.3 Å². The minimum atomic E-state index is -0.337. The molecule has 1 fully saturated rings. The van der Waals surface area contributed by atoms with Gasteiger partial charge in [-0.3, -0.25) is 9.59 Å². The predicted molar refractivity (Wildman–Crippen MR) is 102 cm³/mol. The molecule has 5 nitrogen and oxygen atoms in total. The average molecular weight is 359 g/mol. The largest absolute Gasteiger partial charge is 0.497 e. The van der Waals surface area contributed by atoms with Crippen molar-refractivity contribution in [2.75, 3.05) is 20.8 Å². The number of methoxy groups -OCH3 is 2. The van der Waals surface area contributed by atoms with Crippen molar-refractivity contribution in [3.05, 3.63) is 35.9 Å². The zero-order valence-electron chi connectivity index (χ0n) is 15.9. The van der Waals surface area contributed by atoms with Gasteiger partial charge < -0.3 is 14.4 Å². The van der Waals surface area contributed by atoms with Crippen molar-refractivity contribution in [1.29, 1.82) is 0 Å². The molecule has 0 saturated heterocycles. The topological polar surface area (TPSA) is 55.8 Å². The van der Waals surface area contributed by atoms with Gasteiger partial charge in [0.15, 0.2) is 0 Å². The molecule has 5 heteroatoms. The summed E-state index contributed by atoms with van der Waals surface area (Å²) >= 11 is 0. The van der Waals surface area contributed by atoms with Gasteiger partial charge in [0.05, 0.1) is 20.1 Å². The normalized spacial score (nSPS) is 16.3. The van der Waals surface area contributed by atoms with Crippen LogP contribution in [-0.2, 0) is 14.3 Å². The Morgan fingerprint density at radius 2 is 1.96 bits per heavy atom. The fraction of sp³-hybridized carbons (Fsp3) is 0.524. The highest BCUT2D eigenvalue weighted by atomic mass is 16.5. The fourth-order valence-corrected chi connectivity index (χ4v) is 3.39. The van der Waals surface area contributed by atoms with Crippen LogP contribution in [0.1, 0.15) is 44.6 Å². The van der Waals surface area contributed by atoms with Crippen LogP contribution in [0.2, 0.25) is 0 Å². The molecule has 26 heavy (non-hydrogen) atoms. The van der Waals surface area contributed by atoms with E-state index in [4.69, 9.17) is 9.47 Å².